The lowest BCUT2D eigenvalue weighted by Gasteiger charge is -2.28. The van der Waals surface area contributed by atoms with Crippen molar-refractivity contribution in [3.8, 4) is 5.75 Å². The zero-order valence-corrected chi connectivity index (χ0v) is 13.0. The second kappa shape index (κ2) is 5.94. The van der Waals surface area contributed by atoms with Gasteiger partial charge in [0.1, 0.15) is 17.3 Å². The van der Waals surface area contributed by atoms with Crippen LogP contribution in [0.4, 0.5) is 0 Å². The molecule has 0 saturated heterocycles. The van der Waals surface area contributed by atoms with E-state index < -0.39 is 0 Å². The number of aryl methyl sites for hydroxylation is 2. The fraction of sp³-hybridized carbons (Fsp3) is 0.444. The van der Waals surface area contributed by atoms with Crippen LogP contribution in [-0.2, 0) is 12.8 Å². The molecule has 0 amide bonds. The summed E-state index contributed by atoms with van der Waals surface area (Å²) in [6.45, 7) is 4.15. The van der Waals surface area contributed by atoms with Crippen molar-refractivity contribution in [2.24, 2.45) is 0 Å². The SMILES string of the molecule is COc1ccc2c(c1)CC(NC(C)c1ccc(C)o1)CC2. The third kappa shape index (κ3) is 3.13. The lowest BCUT2D eigenvalue weighted by molar-refractivity contribution is 0.359. The minimum absolute atomic E-state index is 0.246. The Hall–Kier alpha value is -1.74. The Morgan fingerprint density at radius 2 is 2.10 bits per heavy atom. The second-order valence-electron chi connectivity index (χ2n) is 5.91. The lowest BCUT2D eigenvalue weighted by atomic mass is 9.87. The number of methoxy groups -OCH3 is 1. The molecule has 2 atom stereocenters. The zero-order chi connectivity index (χ0) is 14.8. The summed E-state index contributed by atoms with van der Waals surface area (Å²) in [6, 6.07) is 11.2. The van der Waals surface area contributed by atoms with E-state index in [-0.39, 0.29) is 6.04 Å². The lowest BCUT2D eigenvalue weighted by Crippen LogP contribution is -2.36. The molecule has 3 nitrogen and oxygen atoms in total. The highest BCUT2D eigenvalue weighted by atomic mass is 16.5. The molecule has 21 heavy (non-hydrogen) atoms. The van der Waals surface area contributed by atoms with E-state index in [9.17, 15) is 0 Å². The average Bonchev–Trinajstić information content (AvgIpc) is 2.93. The van der Waals surface area contributed by atoms with Crippen LogP contribution in [0.1, 0.15) is 42.0 Å². The van der Waals surface area contributed by atoms with Gasteiger partial charge in [0.05, 0.1) is 13.2 Å². The molecule has 0 saturated carbocycles. The minimum Gasteiger partial charge on any atom is -0.497 e. The Balaban J connectivity index is 1.68. The number of benzene rings is 1. The van der Waals surface area contributed by atoms with Crippen LogP contribution in [0.5, 0.6) is 5.75 Å². The summed E-state index contributed by atoms with van der Waals surface area (Å²) in [5.41, 5.74) is 2.86. The van der Waals surface area contributed by atoms with E-state index in [0.717, 1.165) is 30.1 Å². The number of ether oxygens (including phenoxy) is 1. The third-order valence-corrected chi connectivity index (χ3v) is 4.32. The molecular weight excluding hydrogens is 262 g/mol. The first-order valence-corrected chi connectivity index (χ1v) is 7.64. The first-order chi connectivity index (χ1) is 10.2. The van der Waals surface area contributed by atoms with E-state index in [1.165, 1.54) is 17.5 Å². The van der Waals surface area contributed by atoms with Crippen molar-refractivity contribution in [1.29, 1.82) is 0 Å². The van der Waals surface area contributed by atoms with Gasteiger partial charge in [0.25, 0.3) is 0 Å². The molecule has 0 bridgehead atoms. The summed E-state index contributed by atoms with van der Waals surface area (Å²) < 4.78 is 11.0. The van der Waals surface area contributed by atoms with Gasteiger partial charge >= 0.3 is 0 Å². The van der Waals surface area contributed by atoms with Gasteiger partial charge in [-0.15, -0.1) is 0 Å². The van der Waals surface area contributed by atoms with Crippen LogP contribution < -0.4 is 10.1 Å². The maximum atomic E-state index is 5.71. The van der Waals surface area contributed by atoms with Gasteiger partial charge in [-0.25, -0.2) is 0 Å². The standard InChI is InChI=1S/C18H23NO2/c1-12-4-9-18(21-12)13(2)19-16-7-5-14-6-8-17(20-3)11-15(14)10-16/h4,6,8-9,11,13,16,19H,5,7,10H2,1-3H3. The van der Waals surface area contributed by atoms with Crippen LogP contribution in [0.25, 0.3) is 0 Å². The van der Waals surface area contributed by atoms with Crippen molar-refractivity contribution in [3.05, 3.63) is 53.0 Å². The van der Waals surface area contributed by atoms with Crippen molar-refractivity contribution in [3.63, 3.8) is 0 Å². The van der Waals surface area contributed by atoms with E-state index in [4.69, 9.17) is 9.15 Å². The third-order valence-electron chi connectivity index (χ3n) is 4.32. The number of fused-ring (bicyclic) bond motifs is 1. The molecule has 1 aliphatic rings. The molecule has 1 aliphatic carbocycles. The summed E-state index contributed by atoms with van der Waals surface area (Å²) in [6.07, 6.45) is 3.35. The molecule has 112 valence electrons. The Kier molecular flexibility index (Phi) is 4.02. The Morgan fingerprint density at radius 3 is 2.81 bits per heavy atom. The largest absolute Gasteiger partial charge is 0.497 e. The first-order valence-electron chi connectivity index (χ1n) is 7.64. The molecular formula is C18H23NO2. The van der Waals surface area contributed by atoms with Crippen molar-refractivity contribution < 1.29 is 9.15 Å². The summed E-state index contributed by atoms with van der Waals surface area (Å²) in [4.78, 5) is 0. The second-order valence-corrected chi connectivity index (χ2v) is 5.91. The van der Waals surface area contributed by atoms with Crippen molar-refractivity contribution in [2.75, 3.05) is 7.11 Å². The molecule has 0 aliphatic heterocycles. The van der Waals surface area contributed by atoms with Crippen LogP contribution in [0, 0.1) is 6.92 Å². The summed E-state index contributed by atoms with van der Waals surface area (Å²) in [7, 11) is 1.72. The molecule has 0 fully saturated rings. The van der Waals surface area contributed by atoms with E-state index in [1.807, 2.05) is 13.0 Å². The van der Waals surface area contributed by atoms with Gasteiger partial charge in [-0.3, -0.25) is 0 Å². The van der Waals surface area contributed by atoms with E-state index in [2.05, 4.69) is 36.5 Å². The van der Waals surface area contributed by atoms with Gasteiger partial charge in [-0.05, 0) is 68.5 Å². The van der Waals surface area contributed by atoms with Crippen LogP contribution in [0.3, 0.4) is 0 Å². The van der Waals surface area contributed by atoms with E-state index in [1.54, 1.807) is 7.11 Å². The maximum Gasteiger partial charge on any atom is 0.120 e. The monoisotopic (exact) mass is 285 g/mol. The molecule has 0 spiro atoms. The van der Waals surface area contributed by atoms with Gasteiger partial charge in [-0.2, -0.15) is 0 Å². The van der Waals surface area contributed by atoms with Gasteiger partial charge in [0, 0.05) is 6.04 Å². The van der Waals surface area contributed by atoms with Crippen molar-refractivity contribution in [2.45, 2.75) is 45.2 Å². The predicted octanol–water partition coefficient (Wildman–Crippen LogP) is 3.80. The van der Waals surface area contributed by atoms with Crippen LogP contribution in [0.2, 0.25) is 0 Å². The minimum atomic E-state index is 0.246. The fourth-order valence-electron chi connectivity index (χ4n) is 3.12. The molecule has 2 aromatic rings. The highest BCUT2D eigenvalue weighted by molar-refractivity contribution is 5.38. The quantitative estimate of drug-likeness (QED) is 0.927. The smallest absolute Gasteiger partial charge is 0.120 e. The van der Waals surface area contributed by atoms with E-state index in [0.29, 0.717) is 6.04 Å². The fourth-order valence-corrected chi connectivity index (χ4v) is 3.12. The Labute approximate surface area is 126 Å². The normalized spacial score (nSPS) is 19.1. The van der Waals surface area contributed by atoms with Crippen LogP contribution in [0.15, 0.2) is 34.7 Å². The van der Waals surface area contributed by atoms with Gasteiger partial charge < -0.3 is 14.5 Å². The Morgan fingerprint density at radius 1 is 1.24 bits per heavy atom. The summed E-state index contributed by atoms with van der Waals surface area (Å²) in [5, 5.41) is 3.69. The molecule has 0 radical (unpaired) electrons. The van der Waals surface area contributed by atoms with E-state index >= 15 is 0 Å². The number of rotatable bonds is 4. The van der Waals surface area contributed by atoms with Crippen LogP contribution >= 0.6 is 0 Å². The topological polar surface area (TPSA) is 34.4 Å². The average molecular weight is 285 g/mol. The zero-order valence-electron chi connectivity index (χ0n) is 13.0. The number of nitrogens with one attached hydrogen (secondary N) is 1. The predicted molar refractivity (Wildman–Crippen MR) is 83.8 cm³/mol. The molecule has 1 aromatic heterocycles. The van der Waals surface area contributed by atoms with Crippen molar-refractivity contribution in [1.82, 2.24) is 5.32 Å². The molecule has 1 aromatic carbocycles. The summed E-state index contributed by atoms with van der Waals surface area (Å²) >= 11 is 0. The molecule has 1 heterocycles. The molecule has 3 rings (SSSR count). The number of hydrogen-bond donors (Lipinski definition) is 1. The number of hydrogen-bond acceptors (Lipinski definition) is 3. The van der Waals surface area contributed by atoms with Gasteiger partial charge in [0.2, 0.25) is 0 Å². The molecule has 1 N–H and O–H groups in total. The van der Waals surface area contributed by atoms with Crippen molar-refractivity contribution >= 4 is 0 Å². The number of furan rings is 1. The van der Waals surface area contributed by atoms with Gasteiger partial charge in [-0.1, -0.05) is 6.07 Å². The highest BCUT2D eigenvalue weighted by Gasteiger charge is 2.21. The maximum absolute atomic E-state index is 5.71. The molecule has 3 heteroatoms. The van der Waals surface area contributed by atoms with Gasteiger partial charge in [0.15, 0.2) is 0 Å². The Bertz CT molecular complexity index is 617. The molecule has 2 unspecified atom stereocenters. The van der Waals surface area contributed by atoms with Crippen LogP contribution in [-0.4, -0.2) is 13.2 Å². The highest BCUT2D eigenvalue weighted by Crippen LogP contribution is 2.27. The first kappa shape index (κ1) is 14.2. The summed E-state index contributed by atoms with van der Waals surface area (Å²) in [5.74, 6) is 2.94.